The lowest BCUT2D eigenvalue weighted by atomic mass is 9.85. The van der Waals surface area contributed by atoms with Crippen molar-refractivity contribution in [3.8, 4) is 0 Å². The summed E-state index contributed by atoms with van der Waals surface area (Å²) >= 11 is 0. The molecule has 4 heteroatoms. The van der Waals surface area contributed by atoms with Gasteiger partial charge in [0.05, 0.1) is 13.2 Å². The Morgan fingerprint density at radius 2 is 1.77 bits per heavy atom. The number of ether oxygens (including phenoxy) is 1. The number of hydrogen-bond donors (Lipinski definition) is 0. The molecular weight excluding hydrogens is 322 g/mol. The van der Waals surface area contributed by atoms with Gasteiger partial charge >= 0.3 is 0 Å². The number of nitrogens with zero attached hydrogens (tertiary/aromatic N) is 3. The molecule has 2 saturated heterocycles. The van der Waals surface area contributed by atoms with Crippen LogP contribution >= 0.6 is 0 Å². The van der Waals surface area contributed by atoms with Gasteiger partial charge in [-0.1, -0.05) is 36.4 Å². The molecule has 2 aromatic rings. The van der Waals surface area contributed by atoms with E-state index >= 15 is 0 Å². The molecule has 138 valence electrons. The average molecular weight is 351 g/mol. The maximum absolute atomic E-state index is 5.92. The summed E-state index contributed by atoms with van der Waals surface area (Å²) in [6.45, 7) is 7.22. The quantitative estimate of drug-likeness (QED) is 0.828. The SMILES string of the molecule is c1ccc(CCN2CCC3(CC2)COCCN3Cc2cccnc2)cc1. The highest BCUT2D eigenvalue weighted by atomic mass is 16.5. The number of aromatic nitrogens is 1. The smallest absolute Gasteiger partial charge is 0.0652 e. The standard InChI is InChI=1S/C22H29N3O/c1-2-5-20(6-3-1)8-12-24-13-9-22(10-14-24)19-26-16-15-25(22)18-21-7-4-11-23-17-21/h1-7,11,17H,8-10,12-16,18-19H2. The maximum atomic E-state index is 5.92. The van der Waals surface area contributed by atoms with E-state index in [4.69, 9.17) is 4.74 Å². The van der Waals surface area contributed by atoms with Crippen LogP contribution in [-0.2, 0) is 17.7 Å². The van der Waals surface area contributed by atoms with Crippen LogP contribution in [0.25, 0.3) is 0 Å². The minimum absolute atomic E-state index is 0.206. The molecule has 0 bridgehead atoms. The second-order valence-electron chi connectivity index (χ2n) is 7.64. The van der Waals surface area contributed by atoms with Gasteiger partial charge in [0.2, 0.25) is 0 Å². The predicted molar refractivity (Wildman–Crippen MR) is 104 cm³/mol. The number of rotatable bonds is 5. The largest absolute Gasteiger partial charge is 0.378 e. The van der Waals surface area contributed by atoms with E-state index in [2.05, 4.69) is 51.2 Å². The molecule has 0 unspecified atom stereocenters. The van der Waals surface area contributed by atoms with Gasteiger partial charge < -0.3 is 9.64 Å². The molecule has 2 fully saturated rings. The number of morpholine rings is 1. The van der Waals surface area contributed by atoms with E-state index in [-0.39, 0.29) is 5.54 Å². The summed E-state index contributed by atoms with van der Waals surface area (Å²) in [5.74, 6) is 0. The van der Waals surface area contributed by atoms with Gasteiger partial charge in [0.15, 0.2) is 0 Å². The summed E-state index contributed by atoms with van der Waals surface area (Å²) in [5.41, 5.74) is 2.95. The normalized spacial score (nSPS) is 21.1. The van der Waals surface area contributed by atoms with E-state index < -0.39 is 0 Å². The first kappa shape index (κ1) is 17.7. The Kier molecular flexibility index (Phi) is 5.63. The first-order valence-corrected chi connectivity index (χ1v) is 9.82. The molecule has 3 heterocycles. The zero-order valence-corrected chi connectivity index (χ0v) is 15.5. The summed E-state index contributed by atoms with van der Waals surface area (Å²) in [7, 11) is 0. The van der Waals surface area contributed by atoms with E-state index in [0.717, 1.165) is 39.3 Å². The number of hydrogen-bond acceptors (Lipinski definition) is 4. The van der Waals surface area contributed by atoms with Crippen LogP contribution < -0.4 is 0 Å². The molecule has 4 rings (SSSR count). The minimum atomic E-state index is 0.206. The highest BCUT2D eigenvalue weighted by Gasteiger charge is 2.41. The van der Waals surface area contributed by atoms with Gasteiger partial charge in [-0.3, -0.25) is 9.88 Å². The van der Waals surface area contributed by atoms with Crippen molar-refractivity contribution in [3.63, 3.8) is 0 Å². The molecule has 1 aromatic heterocycles. The Labute approximate surface area is 156 Å². The van der Waals surface area contributed by atoms with Crippen LogP contribution in [0.4, 0.5) is 0 Å². The summed E-state index contributed by atoms with van der Waals surface area (Å²) in [6, 6.07) is 15.0. The van der Waals surface area contributed by atoms with Crippen LogP contribution in [0, 0.1) is 0 Å². The number of pyridine rings is 1. The summed E-state index contributed by atoms with van der Waals surface area (Å²) in [4.78, 5) is 9.56. The number of likely N-dealkylation sites (tertiary alicyclic amines) is 1. The molecule has 1 aromatic carbocycles. The van der Waals surface area contributed by atoms with Crippen molar-refractivity contribution in [2.45, 2.75) is 31.3 Å². The fourth-order valence-corrected chi connectivity index (χ4v) is 4.31. The first-order chi connectivity index (χ1) is 12.8. The maximum Gasteiger partial charge on any atom is 0.0652 e. The van der Waals surface area contributed by atoms with Crippen molar-refractivity contribution in [1.82, 2.24) is 14.8 Å². The Morgan fingerprint density at radius 3 is 2.54 bits per heavy atom. The Morgan fingerprint density at radius 1 is 0.962 bits per heavy atom. The summed E-state index contributed by atoms with van der Waals surface area (Å²) in [6.07, 6.45) is 7.38. The molecule has 2 aliphatic heterocycles. The van der Waals surface area contributed by atoms with Gasteiger partial charge in [-0.25, -0.2) is 0 Å². The van der Waals surface area contributed by atoms with Gasteiger partial charge in [-0.05, 0) is 49.5 Å². The molecule has 26 heavy (non-hydrogen) atoms. The lowest BCUT2D eigenvalue weighted by molar-refractivity contribution is -0.0987. The molecule has 0 N–H and O–H groups in total. The van der Waals surface area contributed by atoms with Crippen LogP contribution in [0.15, 0.2) is 54.9 Å². The van der Waals surface area contributed by atoms with E-state index in [9.17, 15) is 0 Å². The zero-order chi connectivity index (χ0) is 17.7. The third-order valence-corrected chi connectivity index (χ3v) is 5.99. The van der Waals surface area contributed by atoms with Crippen LogP contribution in [0.1, 0.15) is 24.0 Å². The van der Waals surface area contributed by atoms with Gasteiger partial charge in [0.1, 0.15) is 0 Å². The molecule has 2 aliphatic rings. The molecular formula is C22H29N3O. The lowest BCUT2D eigenvalue weighted by Gasteiger charge is -2.51. The lowest BCUT2D eigenvalue weighted by Crippen LogP contribution is -2.61. The van der Waals surface area contributed by atoms with Crippen LogP contribution in [0.2, 0.25) is 0 Å². The fraction of sp³-hybridized carbons (Fsp3) is 0.500. The molecule has 0 saturated carbocycles. The molecule has 4 nitrogen and oxygen atoms in total. The highest BCUT2D eigenvalue weighted by Crippen LogP contribution is 2.33. The summed E-state index contributed by atoms with van der Waals surface area (Å²) < 4.78 is 5.92. The molecule has 1 spiro atoms. The number of benzene rings is 1. The predicted octanol–water partition coefficient (Wildman–Crippen LogP) is 2.99. The third kappa shape index (κ3) is 4.14. The van der Waals surface area contributed by atoms with E-state index in [1.54, 1.807) is 0 Å². The monoisotopic (exact) mass is 351 g/mol. The average Bonchev–Trinajstić information content (AvgIpc) is 2.71. The molecule has 0 radical (unpaired) electrons. The Balaban J connectivity index is 1.34. The van der Waals surface area contributed by atoms with Crippen LogP contribution in [0.3, 0.4) is 0 Å². The summed E-state index contributed by atoms with van der Waals surface area (Å²) in [5, 5.41) is 0. The van der Waals surface area contributed by atoms with Crippen molar-refractivity contribution in [3.05, 3.63) is 66.0 Å². The van der Waals surface area contributed by atoms with Gasteiger partial charge in [-0.2, -0.15) is 0 Å². The minimum Gasteiger partial charge on any atom is -0.378 e. The van der Waals surface area contributed by atoms with E-state index in [1.807, 2.05) is 18.5 Å². The molecule has 0 aliphatic carbocycles. The fourth-order valence-electron chi connectivity index (χ4n) is 4.31. The van der Waals surface area contributed by atoms with Crippen molar-refractivity contribution in [2.24, 2.45) is 0 Å². The molecule has 0 amide bonds. The third-order valence-electron chi connectivity index (χ3n) is 5.99. The second-order valence-corrected chi connectivity index (χ2v) is 7.64. The van der Waals surface area contributed by atoms with Crippen LogP contribution in [-0.4, -0.2) is 59.7 Å². The first-order valence-electron chi connectivity index (χ1n) is 9.82. The second kappa shape index (κ2) is 8.30. The van der Waals surface area contributed by atoms with Crippen molar-refractivity contribution in [1.29, 1.82) is 0 Å². The van der Waals surface area contributed by atoms with Crippen molar-refractivity contribution in [2.75, 3.05) is 39.4 Å². The van der Waals surface area contributed by atoms with E-state index in [1.165, 1.54) is 37.1 Å². The van der Waals surface area contributed by atoms with Crippen molar-refractivity contribution >= 4 is 0 Å². The molecule has 0 atom stereocenters. The van der Waals surface area contributed by atoms with Gasteiger partial charge in [0, 0.05) is 37.6 Å². The van der Waals surface area contributed by atoms with Crippen molar-refractivity contribution < 1.29 is 4.74 Å². The Bertz CT molecular complexity index is 668. The van der Waals surface area contributed by atoms with Gasteiger partial charge in [-0.15, -0.1) is 0 Å². The topological polar surface area (TPSA) is 28.6 Å². The zero-order valence-electron chi connectivity index (χ0n) is 15.5. The van der Waals surface area contributed by atoms with Gasteiger partial charge in [0.25, 0.3) is 0 Å². The number of piperidine rings is 1. The van der Waals surface area contributed by atoms with E-state index in [0.29, 0.717) is 0 Å². The van der Waals surface area contributed by atoms with Crippen LogP contribution in [0.5, 0.6) is 0 Å². The Hall–Kier alpha value is -1.75. The highest BCUT2D eigenvalue weighted by molar-refractivity contribution is 5.15.